The van der Waals surface area contributed by atoms with Crippen molar-refractivity contribution in [1.29, 1.82) is 0 Å². The van der Waals surface area contributed by atoms with Crippen LogP contribution < -0.4 is 5.32 Å². The zero-order valence-electron chi connectivity index (χ0n) is 13.4. The van der Waals surface area contributed by atoms with Gasteiger partial charge in [-0.3, -0.25) is 0 Å². The Bertz CT molecular complexity index is 423. The first-order valence-electron chi connectivity index (χ1n) is 9.03. The molecule has 2 nitrogen and oxygen atoms in total. The predicted molar refractivity (Wildman–Crippen MR) is 90.7 cm³/mol. The molecule has 0 aromatic carbocycles. The fraction of sp³-hybridized carbons (Fsp3) is 0.833. The van der Waals surface area contributed by atoms with Crippen LogP contribution in [0.3, 0.4) is 0 Å². The summed E-state index contributed by atoms with van der Waals surface area (Å²) in [6, 6.07) is 0.746. The van der Waals surface area contributed by atoms with Crippen molar-refractivity contribution in [2.75, 3.05) is 0 Å². The van der Waals surface area contributed by atoms with Gasteiger partial charge in [0.05, 0.1) is 0 Å². The van der Waals surface area contributed by atoms with E-state index < -0.39 is 0 Å². The van der Waals surface area contributed by atoms with Crippen molar-refractivity contribution >= 4 is 11.3 Å². The van der Waals surface area contributed by atoms with Gasteiger partial charge in [-0.2, -0.15) is 0 Å². The number of hydrogen-bond acceptors (Lipinski definition) is 3. The summed E-state index contributed by atoms with van der Waals surface area (Å²) in [5.41, 5.74) is 0. The molecular formula is C18H30N2S. The van der Waals surface area contributed by atoms with Crippen LogP contribution >= 0.6 is 11.3 Å². The Morgan fingerprint density at radius 2 is 1.86 bits per heavy atom. The third-order valence-corrected chi connectivity index (χ3v) is 6.68. The second-order valence-electron chi connectivity index (χ2n) is 6.91. The lowest BCUT2D eigenvalue weighted by atomic mass is 9.71. The topological polar surface area (TPSA) is 24.9 Å². The van der Waals surface area contributed by atoms with E-state index in [9.17, 15) is 0 Å². The van der Waals surface area contributed by atoms with Gasteiger partial charge in [-0.05, 0) is 31.1 Å². The van der Waals surface area contributed by atoms with Crippen molar-refractivity contribution in [3.05, 3.63) is 16.1 Å². The number of rotatable bonds is 5. The Hall–Kier alpha value is -0.410. The summed E-state index contributed by atoms with van der Waals surface area (Å²) in [6.07, 6.45) is 16.3. The molecule has 0 amide bonds. The van der Waals surface area contributed by atoms with Crippen LogP contribution in [0.4, 0.5) is 0 Å². The van der Waals surface area contributed by atoms with Crippen LogP contribution in [0.25, 0.3) is 0 Å². The average Bonchev–Trinajstić information content (AvgIpc) is 3.02. The minimum absolute atomic E-state index is 0.746. The van der Waals surface area contributed by atoms with Gasteiger partial charge in [0.15, 0.2) is 0 Å². The zero-order chi connectivity index (χ0) is 14.5. The number of hydrogen-bond donors (Lipinski definition) is 1. The highest BCUT2D eigenvalue weighted by molar-refractivity contribution is 7.11. The Kier molecular flexibility index (Phi) is 5.70. The first-order valence-corrected chi connectivity index (χ1v) is 9.85. The number of aryl methyl sites for hydroxylation is 1. The maximum atomic E-state index is 4.56. The average molecular weight is 307 g/mol. The molecule has 1 aromatic heterocycles. The van der Waals surface area contributed by atoms with Gasteiger partial charge in [0.1, 0.15) is 5.01 Å². The van der Waals surface area contributed by atoms with Gasteiger partial charge in [0.25, 0.3) is 0 Å². The molecule has 0 bridgehead atoms. The predicted octanol–water partition coefficient (Wildman–Crippen LogP) is 4.93. The maximum Gasteiger partial charge on any atom is 0.107 e. The van der Waals surface area contributed by atoms with Gasteiger partial charge in [0.2, 0.25) is 0 Å². The summed E-state index contributed by atoms with van der Waals surface area (Å²) in [5.74, 6) is 1.93. The van der Waals surface area contributed by atoms with Crippen LogP contribution in [0.1, 0.15) is 74.6 Å². The summed E-state index contributed by atoms with van der Waals surface area (Å²) >= 11 is 1.88. The summed E-state index contributed by atoms with van der Waals surface area (Å²) < 4.78 is 0. The lowest BCUT2D eigenvalue weighted by Gasteiger charge is -2.39. The third kappa shape index (κ3) is 4.07. The van der Waals surface area contributed by atoms with E-state index in [1.165, 1.54) is 67.7 Å². The van der Waals surface area contributed by atoms with E-state index in [4.69, 9.17) is 0 Å². The van der Waals surface area contributed by atoms with Crippen molar-refractivity contribution in [1.82, 2.24) is 10.3 Å². The molecule has 1 N–H and O–H groups in total. The Balaban J connectivity index is 1.56. The van der Waals surface area contributed by atoms with E-state index in [-0.39, 0.29) is 0 Å². The van der Waals surface area contributed by atoms with Gasteiger partial charge in [-0.1, -0.05) is 51.9 Å². The summed E-state index contributed by atoms with van der Waals surface area (Å²) in [5, 5.41) is 5.15. The summed E-state index contributed by atoms with van der Waals surface area (Å²) in [4.78, 5) is 5.98. The van der Waals surface area contributed by atoms with Gasteiger partial charge in [0, 0.05) is 23.7 Å². The number of aromatic nitrogens is 1. The van der Waals surface area contributed by atoms with Crippen molar-refractivity contribution in [3.63, 3.8) is 0 Å². The van der Waals surface area contributed by atoms with E-state index in [0.717, 1.165) is 30.8 Å². The highest BCUT2D eigenvalue weighted by Gasteiger charge is 2.32. The molecule has 1 heterocycles. The first kappa shape index (κ1) is 15.5. The molecule has 1 aromatic rings. The fourth-order valence-electron chi connectivity index (χ4n) is 4.35. The zero-order valence-corrected chi connectivity index (χ0v) is 14.3. The van der Waals surface area contributed by atoms with Crippen LogP contribution in [-0.4, -0.2) is 11.0 Å². The minimum Gasteiger partial charge on any atom is -0.307 e. The second-order valence-corrected chi connectivity index (χ2v) is 8.11. The number of thiazole rings is 1. The Morgan fingerprint density at radius 3 is 2.62 bits per heavy atom. The molecule has 2 saturated carbocycles. The van der Waals surface area contributed by atoms with Crippen molar-refractivity contribution in [2.24, 2.45) is 11.8 Å². The van der Waals surface area contributed by atoms with E-state index in [1.54, 1.807) is 0 Å². The van der Waals surface area contributed by atoms with Crippen molar-refractivity contribution in [2.45, 2.75) is 83.7 Å². The molecule has 3 heteroatoms. The summed E-state index contributed by atoms with van der Waals surface area (Å²) in [6.45, 7) is 3.20. The van der Waals surface area contributed by atoms with Crippen LogP contribution in [-0.2, 0) is 13.0 Å². The Morgan fingerprint density at radius 1 is 1.10 bits per heavy atom. The Labute approximate surface area is 133 Å². The smallest absolute Gasteiger partial charge is 0.107 e. The lowest BCUT2D eigenvalue weighted by Crippen LogP contribution is -2.42. The second kappa shape index (κ2) is 7.73. The van der Waals surface area contributed by atoms with Gasteiger partial charge >= 0.3 is 0 Å². The quantitative estimate of drug-likeness (QED) is 0.834. The summed E-state index contributed by atoms with van der Waals surface area (Å²) in [7, 11) is 0. The van der Waals surface area contributed by atoms with E-state index in [0.29, 0.717) is 0 Å². The molecule has 0 aliphatic heterocycles. The fourth-order valence-corrected chi connectivity index (χ4v) is 5.16. The van der Waals surface area contributed by atoms with Gasteiger partial charge in [-0.15, -0.1) is 11.3 Å². The molecule has 21 heavy (non-hydrogen) atoms. The molecule has 118 valence electrons. The van der Waals surface area contributed by atoms with Crippen LogP contribution in [0.2, 0.25) is 0 Å². The number of nitrogens with zero attached hydrogens (tertiary/aromatic N) is 1. The SMILES string of the molecule is CCc1cnc(CNC2CCCCC2C2CCCCC2)s1. The van der Waals surface area contributed by atoms with E-state index in [2.05, 4.69) is 23.4 Å². The minimum atomic E-state index is 0.746. The van der Waals surface area contributed by atoms with Gasteiger partial charge in [-0.25, -0.2) is 4.98 Å². The molecular weight excluding hydrogens is 276 g/mol. The highest BCUT2D eigenvalue weighted by Crippen LogP contribution is 2.38. The largest absolute Gasteiger partial charge is 0.307 e. The lowest BCUT2D eigenvalue weighted by molar-refractivity contribution is 0.149. The molecule has 2 fully saturated rings. The van der Waals surface area contributed by atoms with Crippen LogP contribution in [0.15, 0.2) is 6.20 Å². The monoisotopic (exact) mass is 306 g/mol. The first-order chi connectivity index (χ1) is 10.4. The molecule has 3 rings (SSSR count). The standard InChI is InChI=1S/C18H30N2S/c1-2-15-12-20-18(21-15)13-19-17-11-7-6-10-16(17)14-8-4-3-5-9-14/h12,14,16-17,19H,2-11,13H2,1H3. The highest BCUT2D eigenvalue weighted by atomic mass is 32.1. The molecule has 2 atom stereocenters. The maximum absolute atomic E-state index is 4.56. The molecule has 0 radical (unpaired) electrons. The molecule has 2 aliphatic rings. The molecule has 2 aliphatic carbocycles. The van der Waals surface area contributed by atoms with Gasteiger partial charge < -0.3 is 5.32 Å². The van der Waals surface area contributed by atoms with E-state index >= 15 is 0 Å². The normalized spacial score (nSPS) is 27.9. The van der Waals surface area contributed by atoms with Crippen LogP contribution in [0.5, 0.6) is 0 Å². The van der Waals surface area contributed by atoms with E-state index in [1.807, 2.05) is 11.3 Å². The molecule has 0 spiro atoms. The van der Waals surface area contributed by atoms with Crippen molar-refractivity contribution < 1.29 is 0 Å². The molecule has 0 saturated heterocycles. The molecule has 2 unspecified atom stereocenters. The van der Waals surface area contributed by atoms with Crippen LogP contribution in [0, 0.1) is 11.8 Å². The third-order valence-electron chi connectivity index (χ3n) is 5.54. The van der Waals surface area contributed by atoms with Crippen molar-refractivity contribution in [3.8, 4) is 0 Å². The number of nitrogens with one attached hydrogen (secondary N) is 1.